The van der Waals surface area contributed by atoms with E-state index in [1.54, 1.807) is 6.07 Å². The van der Waals surface area contributed by atoms with E-state index in [4.69, 9.17) is 4.74 Å². The van der Waals surface area contributed by atoms with Crippen molar-refractivity contribution in [3.05, 3.63) is 21.9 Å². The summed E-state index contributed by atoms with van der Waals surface area (Å²) in [6.07, 6.45) is 1.14. The quantitative estimate of drug-likeness (QED) is 0.597. The van der Waals surface area contributed by atoms with Gasteiger partial charge in [0.2, 0.25) is 5.82 Å². The molecule has 0 aromatic carbocycles. The largest absolute Gasteiger partial charge is 0.444 e. The van der Waals surface area contributed by atoms with Crippen molar-refractivity contribution in [2.45, 2.75) is 59.1 Å². The Hall–Kier alpha value is -2.58. The summed E-state index contributed by atoms with van der Waals surface area (Å²) < 4.78 is 5.32. The van der Waals surface area contributed by atoms with Crippen molar-refractivity contribution in [3.8, 4) is 0 Å². The summed E-state index contributed by atoms with van der Waals surface area (Å²) >= 11 is 0. The Balaban J connectivity index is 2.22. The number of nitrogens with zero attached hydrogens (tertiary/aromatic N) is 3. The van der Waals surface area contributed by atoms with Crippen LogP contribution in [0.15, 0.2) is 6.07 Å². The lowest BCUT2D eigenvalue weighted by molar-refractivity contribution is -0.383. The Morgan fingerprint density at radius 2 is 2.19 bits per heavy atom. The Kier molecular flexibility index (Phi) is 6.45. The van der Waals surface area contributed by atoms with Crippen LogP contribution in [0.3, 0.4) is 0 Å². The first kappa shape index (κ1) is 20.7. The first-order chi connectivity index (χ1) is 12.6. The fourth-order valence-electron chi connectivity index (χ4n) is 3.15. The highest BCUT2D eigenvalue weighted by atomic mass is 16.6. The standard InChI is InChI=1S/C18H29N5O4/c1-6-19-16-15(23(25)26)14(10-12(2)20-16)22-9-7-8-13(11-22)21-17(24)27-18(3,4)5/h10,13H,6-9,11H2,1-5H3,(H,19,20)(H,21,24)/t13-/m1/s1. The van der Waals surface area contributed by atoms with Crippen LogP contribution in [0.25, 0.3) is 0 Å². The molecular formula is C18H29N5O4. The van der Waals surface area contributed by atoms with E-state index in [1.165, 1.54) is 0 Å². The van der Waals surface area contributed by atoms with Gasteiger partial charge < -0.3 is 20.3 Å². The van der Waals surface area contributed by atoms with E-state index in [0.29, 0.717) is 31.0 Å². The molecule has 0 spiro atoms. The number of alkyl carbamates (subject to hydrolysis) is 1. The lowest BCUT2D eigenvalue weighted by atomic mass is 10.0. The maximum Gasteiger partial charge on any atom is 0.407 e. The zero-order valence-electron chi connectivity index (χ0n) is 16.7. The van der Waals surface area contributed by atoms with Crippen molar-refractivity contribution >= 4 is 23.3 Å². The minimum atomic E-state index is -0.569. The van der Waals surface area contributed by atoms with Crippen molar-refractivity contribution in [1.29, 1.82) is 0 Å². The van der Waals surface area contributed by atoms with Gasteiger partial charge in [-0.05, 0) is 53.5 Å². The maximum atomic E-state index is 12.1. The summed E-state index contributed by atoms with van der Waals surface area (Å²) in [5, 5.41) is 17.5. The summed E-state index contributed by atoms with van der Waals surface area (Å²) in [7, 11) is 0. The number of nitrogens with one attached hydrogen (secondary N) is 2. The number of carbonyl (C=O) groups is 1. The molecule has 9 heteroatoms. The fourth-order valence-corrected chi connectivity index (χ4v) is 3.15. The number of aromatic nitrogens is 1. The molecule has 0 bridgehead atoms. The smallest absolute Gasteiger partial charge is 0.407 e. The molecule has 150 valence electrons. The number of ether oxygens (including phenoxy) is 1. The molecule has 1 aromatic heterocycles. The third-order valence-corrected chi connectivity index (χ3v) is 4.11. The average Bonchev–Trinajstić information content (AvgIpc) is 2.52. The first-order valence-corrected chi connectivity index (χ1v) is 9.25. The zero-order valence-corrected chi connectivity index (χ0v) is 16.7. The van der Waals surface area contributed by atoms with Gasteiger partial charge in [0, 0.05) is 31.4 Å². The number of pyridine rings is 1. The van der Waals surface area contributed by atoms with Crippen molar-refractivity contribution in [2.24, 2.45) is 0 Å². The van der Waals surface area contributed by atoms with Gasteiger partial charge in [-0.3, -0.25) is 10.1 Å². The van der Waals surface area contributed by atoms with Crippen molar-refractivity contribution in [1.82, 2.24) is 10.3 Å². The van der Waals surface area contributed by atoms with E-state index < -0.39 is 16.6 Å². The number of hydrogen-bond donors (Lipinski definition) is 2. The van der Waals surface area contributed by atoms with Gasteiger partial charge in [-0.15, -0.1) is 0 Å². The van der Waals surface area contributed by atoms with Crippen LogP contribution in [0, 0.1) is 17.0 Å². The predicted molar refractivity (Wildman–Crippen MR) is 104 cm³/mol. The number of rotatable bonds is 5. The molecule has 1 fully saturated rings. The van der Waals surface area contributed by atoms with E-state index in [0.717, 1.165) is 12.8 Å². The van der Waals surface area contributed by atoms with Crippen LogP contribution in [0.5, 0.6) is 0 Å². The number of hydrogen-bond acceptors (Lipinski definition) is 7. The number of carbonyl (C=O) groups excluding carboxylic acids is 1. The second-order valence-electron chi connectivity index (χ2n) is 7.70. The summed E-state index contributed by atoms with van der Waals surface area (Å²) in [5.74, 6) is 0.278. The molecule has 0 saturated carbocycles. The molecule has 0 unspecified atom stereocenters. The van der Waals surface area contributed by atoms with Gasteiger partial charge >= 0.3 is 11.8 Å². The maximum absolute atomic E-state index is 12.1. The van der Waals surface area contributed by atoms with E-state index in [9.17, 15) is 14.9 Å². The van der Waals surface area contributed by atoms with Gasteiger partial charge in [0.1, 0.15) is 11.3 Å². The molecule has 1 amide bonds. The van der Waals surface area contributed by atoms with Crippen molar-refractivity contribution in [3.63, 3.8) is 0 Å². The lowest BCUT2D eigenvalue weighted by Gasteiger charge is -2.35. The van der Waals surface area contributed by atoms with Crippen LogP contribution >= 0.6 is 0 Å². The molecule has 1 aromatic rings. The summed E-state index contributed by atoms with van der Waals surface area (Å²) in [6, 6.07) is 1.60. The molecule has 9 nitrogen and oxygen atoms in total. The zero-order chi connectivity index (χ0) is 20.2. The molecule has 0 aliphatic carbocycles. The minimum absolute atomic E-state index is 0.0274. The van der Waals surface area contributed by atoms with E-state index in [1.807, 2.05) is 39.5 Å². The molecule has 27 heavy (non-hydrogen) atoms. The molecular weight excluding hydrogens is 350 g/mol. The van der Waals surface area contributed by atoms with Gasteiger partial charge in [0.15, 0.2) is 0 Å². The van der Waals surface area contributed by atoms with E-state index in [-0.39, 0.29) is 17.5 Å². The van der Waals surface area contributed by atoms with Gasteiger partial charge in [-0.1, -0.05) is 0 Å². The molecule has 2 rings (SSSR count). The fraction of sp³-hybridized carbons (Fsp3) is 0.667. The second kappa shape index (κ2) is 8.41. The van der Waals surface area contributed by atoms with Crippen molar-refractivity contribution < 1.29 is 14.5 Å². The topological polar surface area (TPSA) is 110 Å². The third-order valence-electron chi connectivity index (χ3n) is 4.11. The number of piperidine rings is 1. The van der Waals surface area contributed by atoms with Crippen molar-refractivity contribution in [2.75, 3.05) is 29.9 Å². The molecule has 0 radical (unpaired) electrons. The summed E-state index contributed by atoms with van der Waals surface area (Å²) in [6.45, 7) is 10.8. The highest BCUT2D eigenvalue weighted by molar-refractivity contribution is 5.75. The van der Waals surface area contributed by atoms with Gasteiger partial charge in [-0.25, -0.2) is 9.78 Å². The van der Waals surface area contributed by atoms with E-state index >= 15 is 0 Å². The minimum Gasteiger partial charge on any atom is -0.444 e. The normalized spacial score (nSPS) is 17.4. The number of nitro groups is 1. The molecule has 1 aliphatic rings. The van der Waals surface area contributed by atoms with Crippen LogP contribution in [0.4, 0.5) is 22.0 Å². The monoisotopic (exact) mass is 379 g/mol. The third kappa shape index (κ3) is 5.70. The highest BCUT2D eigenvalue weighted by Gasteiger charge is 2.30. The first-order valence-electron chi connectivity index (χ1n) is 9.25. The predicted octanol–water partition coefficient (Wildman–Crippen LogP) is 3.22. The van der Waals surface area contributed by atoms with Crippen LogP contribution in [0.2, 0.25) is 0 Å². The average molecular weight is 379 g/mol. The molecule has 2 N–H and O–H groups in total. The Bertz CT molecular complexity index is 702. The SMILES string of the molecule is CCNc1nc(C)cc(N2CCC[C@@H](NC(=O)OC(C)(C)C)C2)c1[N+](=O)[O-]. The van der Waals surface area contributed by atoms with Crippen LogP contribution in [-0.4, -0.2) is 47.3 Å². The van der Waals surface area contributed by atoms with Crippen LogP contribution in [0.1, 0.15) is 46.2 Å². The number of amides is 1. The van der Waals surface area contributed by atoms with E-state index in [2.05, 4.69) is 15.6 Å². The summed E-state index contributed by atoms with van der Waals surface area (Å²) in [5.41, 5.74) is 0.633. The van der Waals surface area contributed by atoms with Crippen LogP contribution < -0.4 is 15.5 Å². The lowest BCUT2D eigenvalue weighted by Crippen LogP contribution is -2.49. The molecule has 2 heterocycles. The Morgan fingerprint density at radius 3 is 2.78 bits per heavy atom. The molecule has 1 aliphatic heterocycles. The number of anilines is 2. The van der Waals surface area contributed by atoms with Gasteiger partial charge in [-0.2, -0.15) is 0 Å². The second-order valence-corrected chi connectivity index (χ2v) is 7.70. The number of aryl methyl sites for hydroxylation is 1. The van der Waals surface area contributed by atoms with Crippen LogP contribution in [-0.2, 0) is 4.74 Å². The Morgan fingerprint density at radius 1 is 1.48 bits per heavy atom. The highest BCUT2D eigenvalue weighted by Crippen LogP contribution is 2.36. The van der Waals surface area contributed by atoms with Gasteiger partial charge in [0.05, 0.1) is 4.92 Å². The Labute approximate surface area is 159 Å². The molecule has 1 saturated heterocycles. The van der Waals surface area contributed by atoms with Gasteiger partial charge in [0.25, 0.3) is 0 Å². The molecule has 1 atom stereocenters. The summed E-state index contributed by atoms with van der Waals surface area (Å²) in [4.78, 5) is 29.6.